The molecule has 1 aromatic heterocycles. The van der Waals surface area contributed by atoms with Crippen molar-refractivity contribution in [3.8, 4) is 11.5 Å². The molecule has 1 aliphatic heterocycles. The second kappa shape index (κ2) is 12.6. The van der Waals surface area contributed by atoms with E-state index in [1.54, 1.807) is 20.3 Å². The van der Waals surface area contributed by atoms with Crippen molar-refractivity contribution in [3.63, 3.8) is 0 Å². The second-order valence-electron chi connectivity index (χ2n) is 10.9. The molecule has 1 aliphatic rings. The molecule has 0 saturated carbocycles. The van der Waals surface area contributed by atoms with Crippen LogP contribution in [0.4, 0.5) is 5.69 Å². The summed E-state index contributed by atoms with van der Waals surface area (Å²) in [5.41, 5.74) is 2.80. The first-order valence-electron chi connectivity index (χ1n) is 13.1. The fourth-order valence-electron chi connectivity index (χ4n) is 4.83. The minimum Gasteiger partial charge on any atom is -0.493 e. The predicted octanol–water partition coefficient (Wildman–Crippen LogP) is 6.33. The van der Waals surface area contributed by atoms with Crippen LogP contribution in [-0.2, 0) is 27.2 Å². The van der Waals surface area contributed by atoms with Crippen LogP contribution in [0.25, 0.3) is 0 Å². The van der Waals surface area contributed by atoms with Crippen LogP contribution in [0.5, 0.6) is 11.5 Å². The van der Waals surface area contributed by atoms with Crippen LogP contribution >= 0.6 is 22.9 Å². The normalized spacial score (nSPS) is 17.4. The minimum atomic E-state index is -0.857. The molecule has 0 spiro atoms. The second-order valence-corrected chi connectivity index (χ2v) is 12.3. The molecular weight excluding hydrogens is 552 g/mol. The molecule has 0 bridgehead atoms. The van der Waals surface area contributed by atoms with Crippen LogP contribution in [0.1, 0.15) is 61.5 Å². The number of benzene rings is 2. The maximum atomic E-state index is 14.2. The highest BCUT2D eigenvalue weighted by Crippen LogP contribution is 2.45. The first kappa shape index (κ1) is 29.8. The monoisotopic (exact) mass is 586 g/mol. The van der Waals surface area contributed by atoms with E-state index in [1.165, 1.54) is 11.3 Å². The standard InChI is InChI=1S/C30H35ClN2O6S/c1-30(2,3)17-33-22-11-9-18(31)15-21(22)27(20-7-6-8-23(37-4)28(20)38-5)39-24(29(33)36)12-13-25-32-19(16-40-25)10-14-26(34)35/h6-9,11,15-16,24,27H,10,12-14,17H2,1-5H3,(H,34,35). The molecular formula is C30H35ClN2O6S. The van der Waals surface area contributed by atoms with E-state index in [0.29, 0.717) is 42.3 Å². The molecule has 1 amide bonds. The number of nitrogens with zero attached hydrogens (tertiary/aromatic N) is 2. The van der Waals surface area contributed by atoms with Gasteiger partial charge in [-0.15, -0.1) is 11.3 Å². The number of ether oxygens (including phenoxy) is 3. The number of hydrogen-bond acceptors (Lipinski definition) is 7. The van der Waals surface area contributed by atoms with Crippen molar-refractivity contribution in [2.45, 2.75) is 58.7 Å². The fraction of sp³-hybridized carbons (Fsp3) is 0.433. The minimum absolute atomic E-state index is 0.0278. The zero-order valence-corrected chi connectivity index (χ0v) is 25.0. The highest BCUT2D eigenvalue weighted by Gasteiger charge is 2.39. The number of amides is 1. The molecule has 0 fully saturated rings. The number of aliphatic carboxylic acids is 1. The molecule has 2 unspecified atom stereocenters. The lowest BCUT2D eigenvalue weighted by Gasteiger charge is -2.31. The van der Waals surface area contributed by atoms with Gasteiger partial charge in [-0.25, -0.2) is 4.98 Å². The number of hydrogen-bond donors (Lipinski definition) is 1. The van der Waals surface area contributed by atoms with Crippen molar-refractivity contribution in [2.75, 3.05) is 25.7 Å². The van der Waals surface area contributed by atoms with Gasteiger partial charge in [-0.2, -0.15) is 0 Å². The Bertz CT molecular complexity index is 1370. The van der Waals surface area contributed by atoms with Crippen LogP contribution in [0.15, 0.2) is 41.8 Å². The van der Waals surface area contributed by atoms with Gasteiger partial charge < -0.3 is 24.2 Å². The van der Waals surface area contributed by atoms with E-state index >= 15 is 0 Å². The first-order valence-corrected chi connectivity index (χ1v) is 14.4. The molecule has 0 aliphatic carbocycles. The Balaban J connectivity index is 1.75. The van der Waals surface area contributed by atoms with Crippen molar-refractivity contribution in [3.05, 3.63) is 68.6 Å². The lowest BCUT2D eigenvalue weighted by atomic mass is 9.94. The summed E-state index contributed by atoms with van der Waals surface area (Å²) in [5, 5.41) is 12.2. The zero-order chi connectivity index (χ0) is 29.0. The van der Waals surface area contributed by atoms with Crippen molar-refractivity contribution < 1.29 is 28.9 Å². The molecule has 8 nitrogen and oxygen atoms in total. The van der Waals surface area contributed by atoms with Gasteiger partial charge in [-0.3, -0.25) is 9.59 Å². The molecule has 1 N–H and O–H groups in total. The zero-order valence-electron chi connectivity index (χ0n) is 23.4. The molecule has 3 aromatic rings. The Morgan fingerprint density at radius 3 is 2.60 bits per heavy atom. The third kappa shape index (κ3) is 6.95. The Hall–Kier alpha value is -3.14. The lowest BCUT2D eigenvalue weighted by Crippen LogP contribution is -2.43. The van der Waals surface area contributed by atoms with E-state index in [2.05, 4.69) is 25.8 Å². The van der Waals surface area contributed by atoms with Crippen LogP contribution in [0.2, 0.25) is 5.02 Å². The Morgan fingerprint density at radius 1 is 1.15 bits per heavy atom. The number of aryl methyl sites for hydroxylation is 2. The number of methoxy groups -OCH3 is 2. The van der Waals surface area contributed by atoms with Crippen LogP contribution in [-0.4, -0.2) is 48.8 Å². The van der Waals surface area contributed by atoms with Crippen LogP contribution in [0.3, 0.4) is 0 Å². The number of carbonyl (C=O) groups excluding carboxylic acids is 1. The number of anilines is 1. The average molecular weight is 587 g/mol. The van der Waals surface area contributed by atoms with Gasteiger partial charge in [0.2, 0.25) is 0 Å². The summed E-state index contributed by atoms with van der Waals surface area (Å²) in [7, 11) is 3.16. The molecule has 4 rings (SSSR count). The summed E-state index contributed by atoms with van der Waals surface area (Å²) in [5.74, 6) is 0.0945. The topological polar surface area (TPSA) is 98.2 Å². The van der Waals surface area contributed by atoms with E-state index in [0.717, 1.165) is 27.5 Å². The molecule has 2 heterocycles. The van der Waals surface area contributed by atoms with E-state index in [-0.39, 0.29) is 17.7 Å². The third-order valence-electron chi connectivity index (χ3n) is 6.57. The van der Waals surface area contributed by atoms with Gasteiger partial charge in [0.1, 0.15) is 12.2 Å². The van der Waals surface area contributed by atoms with Gasteiger partial charge >= 0.3 is 5.97 Å². The summed E-state index contributed by atoms with van der Waals surface area (Å²) in [6, 6.07) is 11.1. The van der Waals surface area contributed by atoms with Crippen molar-refractivity contribution in [1.29, 1.82) is 0 Å². The third-order valence-corrected chi connectivity index (χ3v) is 7.76. The maximum absolute atomic E-state index is 14.2. The number of carbonyl (C=O) groups is 2. The van der Waals surface area contributed by atoms with E-state index in [1.807, 2.05) is 40.6 Å². The van der Waals surface area contributed by atoms with E-state index in [4.69, 9.17) is 30.9 Å². The lowest BCUT2D eigenvalue weighted by molar-refractivity contribution is -0.137. The molecule has 10 heteroatoms. The number of halogens is 1. The highest BCUT2D eigenvalue weighted by molar-refractivity contribution is 7.09. The molecule has 214 valence electrons. The quantitative estimate of drug-likeness (QED) is 0.296. The number of fused-ring (bicyclic) bond motifs is 1. The van der Waals surface area contributed by atoms with Crippen LogP contribution < -0.4 is 14.4 Å². The molecule has 0 radical (unpaired) electrons. The number of rotatable bonds is 10. The smallest absolute Gasteiger partial charge is 0.303 e. The van der Waals surface area contributed by atoms with Gasteiger partial charge in [-0.1, -0.05) is 44.5 Å². The summed E-state index contributed by atoms with van der Waals surface area (Å²) in [4.78, 5) is 31.5. The van der Waals surface area contributed by atoms with Gasteiger partial charge in [0.25, 0.3) is 5.91 Å². The summed E-state index contributed by atoms with van der Waals surface area (Å²) < 4.78 is 18.0. The Kier molecular flexibility index (Phi) is 9.38. The molecule has 0 saturated heterocycles. The fourth-order valence-corrected chi connectivity index (χ4v) is 5.85. The highest BCUT2D eigenvalue weighted by atomic mass is 35.5. The Labute approximate surface area is 243 Å². The summed E-state index contributed by atoms with van der Waals surface area (Å²) in [6.45, 7) is 6.76. The van der Waals surface area contributed by atoms with Gasteiger partial charge in [0.05, 0.1) is 31.3 Å². The Morgan fingerprint density at radius 2 is 1.93 bits per heavy atom. The van der Waals surface area contributed by atoms with Crippen molar-refractivity contribution in [1.82, 2.24) is 4.98 Å². The van der Waals surface area contributed by atoms with E-state index < -0.39 is 18.2 Å². The summed E-state index contributed by atoms with van der Waals surface area (Å²) in [6.07, 6.45) is -0.120. The maximum Gasteiger partial charge on any atom is 0.303 e. The first-order chi connectivity index (χ1) is 19.0. The average Bonchev–Trinajstić information content (AvgIpc) is 3.33. The van der Waals surface area contributed by atoms with Crippen molar-refractivity contribution >= 4 is 40.5 Å². The van der Waals surface area contributed by atoms with Crippen molar-refractivity contribution in [2.24, 2.45) is 5.41 Å². The van der Waals surface area contributed by atoms with Crippen LogP contribution in [0, 0.1) is 5.41 Å². The number of aromatic nitrogens is 1. The number of para-hydroxylation sites is 1. The van der Waals surface area contributed by atoms with E-state index in [9.17, 15) is 9.59 Å². The number of carboxylic acid groups (broad SMARTS) is 1. The molecule has 40 heavy (non-hydrogen) atoms. The molecule has 2 atom stereocenters. The SMILES string of the molecule is COc1cccc(C2OC(CCc3nc(CCC(=O)O)cs3)C(=O)N(CC(C)(C)C)c3ccc(Cl)cc32)c1OC. The number of thiazole rings is 1. The largest absolute Gasteiger partial charge is 0.493 e. The predicted molar refractivity (Wildman–Crippen MR) is 156 cm³/mol. The van der Waals surface area contributed by atoms with Gasteiger partial charge in [0, 0.05) is 46.6 Å². The number of carboxylic acids is 1. The van der Waals surface area contributed by atoms with Gasteiger partial charge in [-0.05, 0) is 36.1 Å². The van der Waals surface area contributed by atoms with Gasteiger partial charge in [0.15, 0.2) is 11.5 Å². The molecule has 2 aromatic carbocycles. The summed E-state index contributed by atoms with van der Waals surface area (Å²) >= 11 is 7.96.